The quantitative estimate of drug-likeness (QED) is 0.668. The van der Waals surface area contributed by atoms with Gasteiger partial charge in [0, 0.05) is 17.5 Å². The summed E-state index contributed by atoms with van der Waals surface area (Å²) in [5, 5.41) is 3.50. The third kappa shape index (κ3) is 4.38. The smallest absolute Gasteiger partial charge is 0.174 e. The highest BCUT2D eigenvalue weighted by Crippen LogP contribution is 2.36. The van der Waals surface area contributed by atoms with Crippen LogP contribution in [0.15, 0.2) is 28.7 Å². The number of hydrogen-bond acceptors (Lipinski definition) is 4. The second-order valence-corrected chi connectivity index (χ2v) is 7.39. The molecule has 3 nitrogen and oxygen atoms in total. The Morgan fingerprint density at radius 2 is 2.14 bits per heavy atom. The molecule has 0 fully saturated rings. The van der Waals surface area contributed by atoms with Crippen molar-refractivity contribution in [3.05, 3.63) is 43.5 Å². The molecule has 6 heteroatoms. The summed E-state index contributed by atoms with van der Waals surface area (Å²) >= 11 is 11.1. The van der Waals surface area contributed by atoms with Gasteiger partial charge in [-0.25, -0.2) is 0 Å². The summed E-state index contributed by atoms with van der Waals surface area (Å²) < 4.78 is 12.7. The first kappa shape index (κ1) is 17.6. The second kappa shape index (κ2) is 8.20. The number of ether oxygens (including phenoxy) is 2. The van der Waals surface area contributed by atoms with Crippen LogP contribution < -0.4 is 14.8 Å². The van der Waals surface area contributed by atoms with E-state index in [1.54, 1.807) is 18.4 Å². The minimum absolute atomic E-state index is 0.244. The Labute approximate surface area is 148 Å². The van der Waals surface area contributed by atoms with Crippen LogP contribution in [0.1, 0.15) is 30.3 Å². The average molecular weight is 405 g/mol. The van der Waals surface area contributed by atoms with Crippen molar-refractivity contribution in [3.63, 3.8) is 0 Å². The molecule has 1 aromatic heterocycles. The molecular formula is C16H19BrClNO2S. The lowest BCUT2D eigenvalue weighted by Gasteiger charge is -2.16. The van der Waals surface area contributed by atoms with E-state index < -0.39 is 0 Å². The van der Waals surface area contributed by atoms with Crippen molar-refractivity contribution in [2.45, 2.75) is 26.4 Å². The lowest BCUT2D eigenvalue weighted by molar-refractivity contribution is 0.309. The number of halogens is 2. The van der Waals surface area contributed by atoms with Crippen LogP contribution in [0.3, 0.4) is 0 Å². The Kier molecular flexibility index (Phi) is 6.56. The zero-order valence-electron chi connectivity index (χ0n) is 12.8. The fourth-order valence-electron chi connectivity index (χ4n) is 2.12. The van der Waals surface area contributed by atoms with E-state index in [9.17, 15) is 0 Å². The van der Waals surface area contributed by atoms with Gasteiger partial charge in [0.15, 0.2) is 11.5 Å². The summed E-state index contributed by atoms with van der Waals surface area (Å²) in [5.74, 6) is 1.48. The molecule has 1 unspecified atom stereocenters. The van der Waals surface area contributed by atoms with Crippen LogP contribution in [0.25, 0.3) is 0 Å². The van der Waals surface area contributed by atoms with Gasteiger partial charge >= 0.3 is 0 Å². The molecule has 0 radical (unpaired) electrons. The molecule has 0 amide bonds. The second-order valence-electron chi connectivity index (χ2n) is 4.79. The molecule has 1 N–H and O–H groups in total. The molecule has 120 valence electrons. The Morgan fingerprint density at radius 1 is 1.36 bits per heavy atom. The minimum Gasteiger partial charge on any atom is -0.492 e. The van der Waals surface area contributed by atoms with Crippen LogP contribution in [0.5, 0.6) is 11.5 Å². The molecule has 1 atom stereocenters. The predicted molar refractivity (Wildman–Crippen MR) is 96.4 cm³/mol. The molecule has 0 spiro atoms. The predicted octanol–water partition coefficient (Wildman–Crippen LogP) is 5.42. The molecule has 0 aliphatic carbocycles. The van der Waals surface area contributed by atoms with Gasteiger partial charge in [-0.05, 0) is 59.6 Å². The molecule has 0 bridgehead atoms. The van der Waals surface area contributed by atoms with Crippen molar-refractivity contribution in [3.8, 4) is 11.5 Å². The van der Waals surface area contributed by atoms with Crippen LogP contribution in [0.4, 0.5) is 0 Å². The highest BCUT2D eigenvalue weighted by atomic mass is 79.9. The molecule has 2 aromatic rings. The molecule has 1 aromatic carbocycles. The SMILES string of the molecule is CCOc1cc(CNC(C)c2ccc(Cl)s2)cc(Br)c1OC. The van der Waals surface area contributed by atoms with Crippen LogP contribution in [0.2, 0.25) is 4.34 Å². The Hall–Kier alpha value is -0.750. The van der Waals surface area contributed by atoms with E-state index in [0.29, 0.717) is 6.61 Å². The first-order valence-electron chi connectivity index (χ1n) is 7.03. The monoisotopic (exact) mass is 403 g/mol. The molecule has 0 saturated heterocycles. The third-order valence-corrected chi connectivity index (χ3v) is 5.21. The summed E-state index contributed by atoms with van der Waals surface area (Å²) in [4.78, 5) is 1.22. The molecule has 0 saturated carbocycles. The first-order valence-corrected chi connectivity index (χ1v) is 9.01. The van der Waals surface area contributed by atoms with Gasteiger partial charge in [0.2, 0.25) is 0 Å². The van der Waals surface area contributed by atoms with Crippen molar-refractivity contribution in [1.29, 1.82) is 0 Å². The van der Waals surface area contributed by atoms with Gasteiger partial charge in [-0.1, -0.05) is 11.6 Å². The van der Waals surface area contributed by atoms with Crippen molar-refractivity contribution < 1.29 is 9.47 Å². The van der Waals surface area contributed by atoms with Crippen LogP contribution in [-0.4, -0.2) is 13.7 Å². The summed E-state index contributed by atoms with van der Waals surface area (Å²) in [6.07, 6.45) is 0. The number of nitrogens with one attached hydrogen (secondary N) is 1. The Morgan fingerprint density at radius 3 is 2.73 bits per heavy atom. The highest BCUT2D eigenvalue weighted by Gasteiger charge is 2.13. The van der Waals surface area contributed by atoms with Gasteiger partial charge in [0.05, 0.1) is 22.5 Å². The number of rotatable bonds is 7. The maximum absolute atomic E-state index is 5.99. The van der Waals surface area contributed by atoms with E-state index in [0.717, 1.165) is 32.4 Å². The fourth-order valence-corrected chi connectivity index (χ4v) is 3.86. The van der Waals surface area contributed by atoms with Crippen LogP contribution in [-0.2, 0) is 6.54 Å². The van der Waals surface area contributed by atoms with E-state index in [1.165, 1.54) is 4.88 Å². The lowest BCUT2D eigenvalue weighted by Crippen LogP contribution is -2.17. The third-order valence-electron chi connectivity index (χ3n) is 3.21. The lowest BCUT2D eigenvalue weighted by atomic mass is 10.2. The molecule has 0 aliphatic rings. The first-order chi connectivity index (χ1) is 10.5. The Balaban J connectivity index is 2.09. The molecular weight excluding hydrogens is 386 g/mol. The number of benzene rings is 1. The van der Waals surface area contributed by atoms with Gasteiger partial charge < -0.3 is 14.8 Å². The maximum atomic E-state index is 5.99. The average Bonchev–Trinajstić information content (AvgIpc) is 2.91. The van der Waals surface area contributed by atoms with E-state index in [1.807, 2.05) is 25.1 Å². The van der Waals surface area contributed by atoms with Gasteiger partial charge in [0.25, 0.3) is 0 Å². The maximum Gasteiger partial charge on any atom is 0.174 e. The van der Waals surface area contributed by atoms with Gasteiger partial charge in [-0.15, -0.1) is 11.3 Å². The largest absolute Gasteiger partial charge is 0.492 e. The van der Waals surface area contributed by atoms with Crippen molar-refractivity contribution in [1.82, 2.24) is 5.32 Å². The van der Waals surface area contributed by atoms with Crippen molar-refractivity contribution >= 4 is 38.9 Å². The van der Waals surface area contributed by atoms with E-state index >= 15 is 0 Å². The fraction of sp³-hybridized carbons (Fsp3) is 0.375. The summed E-state index contributed by atoms with van der Waals surface area (Å²) in [6, 6.07) is 8.28. The van der Waals surface area contributed by atoms with E-state index in [-0.39, 0.29) is 6.04 Å². The summed E-state index contributed by atoms with van der Waals surface area (Å²) in [6.45, 7) is 5.42. The normalized spacial score (nSPS) is 12.2. The van der Waals surface area contributed by atoms with E-state index in [4.69, 9.17) is 21.1 Å². The van der Waals surface area contributed by atoms with Gasteiger partial charge in [-0.2, -0.15) is 0 Å². The topological polar surface area (TPSA) is 30.5 Å². The minimum atomic E-state index is 0.244. The van der Waals surface area contributed by atoms with E-state index in [2.05, 4.69) is 34.2 Å². The van der Waals surface area contributed by atoms with Crippen LogP contribution in [0, 0.1) is 0 Å². The molecule has 1 heterocycles. The summed E-state index contributed by atoms with van der Waals surface area (Å²) in [7, 11) is 1.64. The molecule has 2 rings (SSSR count). The van der Waals surface area contributed by atoms with Crippen molar-refractivity contribution in [2.24, 2.45) is 0 Å². The van der Waals surface area contributed by atoms with Gasteiger partial charge in [-0.3, -0.25) is 0 Å². The number of hydrogen-bond donors (Lipinski definition) is 1. The number of methoxy groups -OCH3 is 1. The summed E-state index contributed by atoms with van der Waals surface area (Å²) in [5.41, 5.74) is 1.13. The standard InChI is InChI=1S/C16H19BrClNO2S/c1-4-21-13-8-11(7-12(17)16(13)20-3)9-19-10(2)14-5-6-15(18)22-14/h5-8,10,19H,4,9H2,1-3H3. The Bertz CT molecular complexity index is 633. The highest BCUT2D eigenvalue weighted by molar-refractivity contribution is 9.10. The zero-order valence-corrected chi connectivity index (χ0v) is 15.9. The molecule has 0 aliphatic heterocycles. The van der Waals surface area contributed by atoms with Crippen molar-refractivity contribution in [2.75, 3.05) is 13.7 Å². The van der Waals surface area contributed by atoms with Gasteiger partial charge in [0.1, 0.15) is 0 Å². The van der Waals surface area contributed by atoms with Crippen LogP contribution >= 0.6 is 38.9 Å². The number of thiophene rings is 1. The zero-order chi connectivity index (χ0) is 16.1. The molecule has 22 heavy (non-hydrogen) atoms.